The van der Waals surface area contributed by atoms with Crippen LogP contribution in [0.3, 0.4) is 0 Å². The predicted molar refractivity (Wildman–Crippen MR) is 98.9 cm³/mol. The number of esters is 1. The lowest BCUT2D eigenvalue weighted by Crippen LogP contribution is -2.21. The summed E-state index contributed by atoms with van der Waals surface area (Å²) in [5, 5.41) is 9.89. The molecule has 4 N–H and O–H groups in total. The Balaban J connectivity index is 0.00000288. The normalized spacial score (nSPS) is 11.1. The molecule has 0 saturated carbocycles. The van der Waals surface area contributed by atoms with Gasteiger partial charge in [-0.1, -0.05) is 36.8 Å². The first-order valence-corrected chi connectivity index (χ1v) is 7.42. The van der Waals surface area contributed by atoms with Crippen LogP contribution in [0.2, 0.25) is 0 Å². The van der Waals surface area contributed by atoms with Crippen molar-refractivity contribution in [2.45, 2.75) is 20.3 Å². The Labute approximate surface area is 148 Å². The SMILES string of the molecule is Cc1ccc(OC(=O)C(C)Cc2ccc(NC(=N)N)cc2)cc1.Cl. The van der Waals surface area contributed by atoms with Crippen LogP contribution < -0.4 is 15.8 Å². The highest BCUT2D eigenvalue weighted by Gasteiger charge is 2.16. The second kappa shape index (κ2) is 8.93. The number of aryl methyl sites for hydroxylation is 1. The van der Waals surface area contributed by atoms with Crippen LogP contribution in [0.1, 0.15) is 18.1 Å². The van der Waals surface area contributed by atoms with Gasteiger partial charge in [0.2, 0.25) is 0 Å². The van der Waals surface area contributed by atoms with Gasteiger partial charge in [-0.25, -0.2) is 0 Å². The molecule has 0 aliphatic rings. The molecule has 1 atom stereocenters. The lowest BCUT2D eigenvalue weighted by molar-refractivity contribution is -0.138. The van der Waals surface area contributed by atoms with E-state index >= 15 is 0 Å². The summed E-state index contributed by atoms with van der Waals surface area (Å²) in [6.07, 6.45) is 0.588. The molecule has 0 aromatic heterocycles. The van der Waals surface area contributed by atoms with Crippen LogP contribution in [0.5, 0.6) is 5.75 Å². The summed E-state index contributed by atoms with van der Waals surface area (Å²) >= 11 is 0. The molecule has 0 heterocycles. The van der Waals surface area contributed by atoms with E-state index in [2.05, 4.69) is 5.32 Å². The van der Waals surface area contributed by atoms with Crippen molar-refractivity contribution in [3.63, 3.8) is 0 Å². The van der Waals surface area contributed by atoms with Crippen LogP contribution in [-0.2, 0) is 11.2 Å². The van der Waals surface area contributed by atoms with Gasteiger partial charge in [0.1, 0.15) is 5.75 Å². The van der Waals surface area contributed by atoms with Crippen LogP contribution in [0.4, 0.5) is 5.69 Å². The third-order valence-electron chi connectivity index (χ3n) is 3.42. The summed E-state index contributed by atoms with van der Waals surface area (Å²) in [6, 6.07) is 14.9. The molecule has 2 rings (SSSR count). The lowest BCUT2D eigenvalue weighted by atomic mass is 10.0. The summed E-state index contributed by atoms with van der Waals surface area (Å²) in [7, 11) is 0. The maximum absolute atomic E-state index is 12.1. The van der Waals surface area contributed by atoms with Gasteiger partial charge in [-0.3, -0.25) is 10.2 Å². The lowest BCUT2D eigenvalue weighted by Gasteiger charge is -2.12. The zero-order chi connectivity index (χ0) is 16.8. The summed E-state index contributed by atoms with van der Waals surface area (Å²) in [4.78, 5) is 12.1. The minimum atomic E-state index is -0.250. The number of rotatable bonds is 5. The van der Waals surface area contributed by atoms with Crippen LogP contribution >= 0.6 is 12.4 Å². The highest BCUT2D eigenvalue weighted by atomic mass is 35.5. The molecule has 24 heavy (non-hydrogen) atoms. The molecule has 2 aromatic carbocycles. The average Bonchev–Trinajstić information content (AvgIpc) is 2.51. The van der Waals surface area contributed by atoms with Gasteiger partial charge >= 0.3 is 5.97 Å². The minimum Gasteiger partial charge on any atom is -0.426 e. The standard InChI is InChI=1S/C18H21N3O2.ClH/c1-12-3-9-16(10-4-12)23-17(22)13(2)11-14-5-7-15(8-6-14)21-18(19)20;/h3-10,13H,11H2,1-2H3,(H4,19,20,21);1H. The molecule has 2 aromatic rings. The molecule has 0 bridgehead atoms. The largest absolute Gasteiger partial charge is 0.426 e. The van der Waals surface area contributed by atoms with E-state index in [4.69, 9.17) is 15.9 Å². The van der Waals surface area contributed by atoms with Crippen LogP contribution in [0.25, 0.3) is 0 Å². The molecule has 0 aliphatic heterocycles. The number of ether oxygens (including phenoxy) is 1. The zero-order valence-corrected chi connectivity index (χ0v) is 14.5. The van der Waals surface area contributed by atoms with Crippen molar-refractivity contribution in [1.29, 1.82) is 5.41 Å². The molecule has 0 aliphatic carbocycles. The number of benzene rings is 2. The number of nitrogens with one attached hydrogen (secondary N) is 2. The first-order chi connectivity index (χ1) is 10.9. The zero-order valence-electron chi connectivity index (χ0n) is 13.7. The molecular weight excluding hydrogens is 326 g/mol. The van der Waals surface area contributed by atoms with Gasteiger partial charge in [0.25, 0.3) is 0 Å². The molecule has 1 unspecified atom stereocenters. The number of guanidine groups is 1. The third kappa shape index (κ3) is 5.93. The van der Waals surface area contributed by atoms with Crippen LogP contribution in [0.15, 0.2) is 48.5 Å². The first-order valence-electron chi connectivity index (χ1n) is 7.42. The monoisotopic (exact) mass is 347 g/mol. The first kappa shape index (κ1) is 19.5. The number of nitrogens with two attached hydrogens (primary N) is 1. The maximum Gasteiger partial charge on any atom is 0.314 e. The summed E-state index contributed by atoms with van der Waals surface area (Å²) in [5.74, 6) is -0.0380. The minimum absolute atomic E-state index is 0. The Morgan fingerprint density at radius 1 is 1.17 bits per heavy atom. The molecule has 0 spiro atoms. The van der Waals surface area contributed by atoms with Crippen molar-refractivity contribution in [2.24, 2.45) is 11.7 Å². The Bertz CT molecular complexity index is 684. The number of halogens is 1. The van der Waals surface area contributed by atoms with Crippen molar-refractivity contribution in [3.8, 4) is 5.75 Å². The summed E-state index contributed by atoms with van der Waals surface area (Å²) in [6.45, 7) is 3.83. The van der Waals surface area contributed by atoms with Gasteiger partial charge < -0.3 is 15.8 Å². The molecule has 0 saturated heterocycles. The van der Waals surface area contributed by atoms with E-state index in [1.807, 2.05) is 50.2 Å². The summed E-state index contributed by atoms with van der Waals surface area (Å²) in [5.41, 5.74) is 8.17. The molecular formula is C18H22ClN3O2. The van der Waals surface area contributed by atoms with E-state index < -0.39 is 0 Å². The van der Waals surface area contributed by atoms with E-state index in [9.17, 15) is 4.79 Å². The quantitative estimate of drug-likeness (QED) is 0.334. The fourth-order valence-electron chi connectivity index (χ4n) is 2.14. The molecule has 6 heteroatoms. The van der Waals surface area contributed by atoms with Gasteiger partial charge in [-0.2, -0.15) is 0 Å². The van der Waals surface area contributed by atoms with Crippen LogP contribution in [-0.4, -0.2) is 11.9 Å². The summed E-state index contributed by atoms with van der Waals surface area (Å²) < 4.78 is 5.38. The van der Waals surface area contributed by atoms with Crippen molar-refractivity contribution < 1.29 is 9.53 Å². The number of carbonyl (C=O) groups is 1. The van der Waals surface area contributed by atoms with E-state index in [1.54, 1.807) is 12.1 Å². The second-order valence-electron chi connectivity index (χ2n) is 5.57. The Hall–Kier alpha value is -2.53. The van der Waals surface area contributed by atoms with Gasteiger partial charge in [-0.05, 0) is 43.2 Å². The Morgan fingerprint density at radius 3 is 2.29 bits per heavy atom. The van der Waals surface area contributed by atoms with Crippen molar-refractivity contribution >= 4 is 30.0 Å². The van der Waals surface area contributed by atoms with Crippen molar-refractivity contribution in [3.05, 3.63) is 59.7 Å². The molecule has 128 valence electrons. The Morgan fingerprint density at radius 2 is 1.75 bits per heavy atom. The molecule has 0 radical (unpaired) electrons. The smallest absolute Gasteiger partial charge is 0.314 e. The topological polar surface area (TPSA) is 88.2 Å². The van der Waals surface area contributed by atoms with E-state index in [1.165, 1.54) is 0 Å². The Kier molecular flexibility index (Phi) is 7.27. The van der Waals surface area contributed by atoms with Gasteiger partial charge in [0.05, 0.1) is 5.92 Å². The number of hydrogen-bond donors (Lipinski definition) is 3. The number of hydrogen-bond acceptors (Lipinski definition) is 3. The van der Waals surface area contributed by atoms with Gasteiger partial charge in [-0.15, -0.1) is 12.4 Å². The number of carbonyl (C=O) groups excluding carboxylic acids is 1. The highest BCUT2D eigenvalue weighted by Crippen LogP contribution is 2.17. The third-order valence-corrected chi connectivity index (χ3v) is 3.42. The van der Waals surface area contributed by atoms with E-state index in [0.717, 1.165) is 16.8 Å². The second-order valence-corrected chi connectivity index (χ2v) is 5.57. The molecule has 5 nitrogen and oxygen atoms in total. The fraction of sp³-hybridized carbons (Fsp3) is 0.222. The van der Waals surface area contributed by atoms with E-state index in [-0.39, 0.29) is 30.3 Å². The molecule has 0 fully saturated rings. The van der Waals surface area contributed by atoms with Crippen LogP contribution in [0, 0.1) is 18.3 Å². The predicted octanol–water partition coefficient (Wildman–Crippen LogP) is 3.51. The number of anilines is 1. The van der Waals surface area contributed by atoms with Crippen molar-refractivity contribution in [1.82, 2.24) is 0 Å². The highest BCUT2D eigenvalue weighted by molar-refractivity contribution is 5.89. The van der Waals surface area contributed by atoms with Crippen molar-refractivity contribution in [2.75, 3.05) is 5.32 Å². The average molecular weight is 348 g/mol. The van der Waals surface area contributed by atoms with E-state index in [0.29, 0.717) is 12.2 Å². The van der Waals surface area contributed by atoms with Gasteiger partial charge in [0.15, 0.2) is 5.96 Å². The van der Waals surface area contributed by atoms with Gasteiger partial charge in [0, 0.05) is 5.69 Å². The molecule has 0 amide bonds. The maximum atomic E-state index is 12.1. The fourth-order valence-corrected chi connectivity index (χ4v) is 2.14.